The molecule has 0 aliphatic heterocycles. The summed E-state index contributed by atoms with van der Waals surface area (Å²) in [6.07, 6.45) is 0. The lowest BCUT2D eigenvalue weighted by atomic mass is 10.4. The van der Waals surface area contributed by atoms with E-state index >= 15 is 0 Å². The van der Waals surface area contributed by atoms with Crippen molar-refractivity contribution in [1.82, 2.24) is 5.32 Å². The van der Waals surface area contributed by atoms with Crippen molar-refractivity contribution in [1.29, 1.82) is 0 Å². The third kappa shape index (κ3) is 3.21. The minimum absolute atomic E-state index is 0.237. The van der Waals surface area contributed by atoms with E-state index in [0.717, 1.165) is 12.3 Å². The highest BCUT2D eigenvalue weighted by Crippen LogP contribution is 2.15. The van der Waals surface area contributed by atoms with E-state index in [0.29, 0.717) is 6.54 Å². The number of esters is 1. The minimum Gasteiger partial charge on any atom is -0.463 e. The lowest BCUT2D eigenvalue weighted by Crippen LogP contribution is -2.11. The summed E-state index contributed by atoms with van der Waals surface area (Å²) in [5.41, 5.74) is 0. The lowest BCUT2D eigenvalue weighted by molar-refractivity contribution is 0.0563. The van der Waals surface area contributed by atoms with Gasteiger partial charge in [0.05, 0.1) is 13.7 Å². The van der Waals surface area contributed by atoms with Crippen LogP contribution in [0.4, 0.5) is 0 Å². The van der Waals surface area contributed by atoms with Crippen LogP contribution in [0.25, 0.3) is 0 Å². The maximum atomic E-state index is 11.2. The third-order valence-electron chi connectivity index (χ3n) is 2.44. The van der Waals surface area contributed by atoms with Crippen LogP contribution >= 0.6 is 11.3 Å². The van der Waals surface area contributed by atoms with E-state index in [1.807, 2.05) is 0 Å². The Morgan fingerprint density at radius 2 is 2.17 bits per heavy atom. The van der Waals surface area contributed by atoms with Crippen molar-refractivity contribution in [2.75, 3.05) is 7.11 Å². The number of carbonyl (C=O) groups is 1. The Kier molecular flexibility index (Phi) is 4.17. The fourth-order valence-corrected chi connectivity index (χ4v) is 2.43. The topological polar surface area (TPSA) is 51.5 Å². The van der Waals surface area contributed by atoms with Gasteiger partial charge in [-0.15, -0.1) is 11.3 Å². The van der Waals surface area contributed by atoms with Gasteiger partial charge in [0.25, 0.3) is 0 Å². The first-order valence-electron chi connectivity index (χ1n) is 5.62. The maximum Gasteiger partial charge on any atom is 0.373 e. The molecule has 0 saturated carbocycles. The molecule has 0 aliphatic carbocycles. The number of hydrogen-bond acceptors (Lipinski definition) is 5. The van der Waals surface area contributed by atoms with E-state index in [4.69, 9.17) is 4.42 Å². The fraction of sp³-hybridized carbons (Fsp3) is 0.308. The number of aryl methyl sites for hydroxylation is 1. The molecule has 0 atom stereocenters. The molecule has 4 nitrogen and oxygen atoms in total. The molecule has 0 fully saturated rings. The number of methoxy groups -OCH3 is 1. The summed E-state index contributed by atoms with van der Waals surface area (Å²) in [5.74, 6) is 0.514. The Hall–Kier alpha value is -1.59. The third-order valence-corrected chi connectivity index (χ3v) is 3.44. The van der Waals surface area contributed by atoms with Crippen molar-refractivity contribution in [2.24, 2.45) is 0 Å². The Bertz CT molecular complexity index is 530. The van der Waals surface area contributed by atoms with Crippen LogP contribution in [-0.2, 0) is 17.8 Å². The molecule has 0 bridgehead atoms. The molecule has 0 unspecified atom stereocenters. The Labute approximate surface area is 110 Å². The number of nitrogens with one attached hydrogen (secondary N) is 1. The summed E-state index contributed by atoms with van der Waals surface area (Å²) >= 11 is 1.77. The number of thiophene rings is 1. The van der Waals surface area contributed by atoms with Gasteiger partial charge in [-0.05, 0) is 31.2 Å². The molecule has 0 spiro atoms. The smallest absolute Gasteiger partial charge is 0.373 e. The molecule has 2 heterocycles. The van der Waals surface area contributed by atoms with Crippen molar-refractivity contribution >= 4 is 17.3 Å². The molecule has 2 aromatic rings. The summed E-state index contributed by atoms with van der Waals surface area (Å²) in [7, 11) is 1.34. The van der Waals surface area contributed by atoms with Crippen LogP contribution in [0.5, 0.6) is 0 Å². The van der Waals surface area contributed by atoms with Gasteiger partial charge in [0.15, 0.2) is 0 Å². The summed E-state index contributed by atoms with van der Waals surface area (Å²) in [5, 5.41) is 3.27. The van der Waals surface area contributed by atoms with Crippen molar-refractivity contribution in [2.45, 2.75) is 20.0 Å². The van der Waals surface area contributed by atoms with E-state index in [1.165, 1.54) is 16.9 Å². The zero-order chi connectivity index (χ0) is 13.0. The standard InChI is InChI=1S/C13H15NO3S/c1-9-3-5-11(18-9)8-14-7-10-4-6-12(17-10)13(15)16-2/h3-6,14H,7-8H2,1-2H3. The fourth-order valence-electron chi connectivity index (χ4n) is 1.57. The van der Waals surface area contributed by atoms with Crippen LogP contribution < -0.4 is 5.32 Å². The number of rotatable bonds is 5. The molecule has 1 N–H and O–H groups in total. The maximum absolute atomic E-state index is 11.2. The second kappa shape index (κ2) is 5.84. The van der Waals surface area contributed by atoms with Gasteiger partial charge >= 0.3 is 5.97 Å². The molecule has 0 radical (unpaired) electrons. The largest absolute Gasteiger partial charge is 0.463 e. The molecule has 0 amide bonds. The van der Waals surface area contributed by atoms with Gasteiger partial charge in [-0.25, -0.2) is 4.79 Å². The molecule has 5 heteroatoms. The number of furan rings is 1. The normalized spacial score (nSPS) is 10.6. The Morgan fingerprint density at radius 1 is 1.33 bits per heavy atom. The van der Waals surface area contributed by atoms with E-state index in [2.05, 4.69) is 29.1 Å². The van der Waals surface area contributed by atoms with Crippen LogP contribution in [0.2, 0.25) is 0 Å². The van der Waals surface area contributed by atoms with Gasteiger partial charge in [0.1, 0.15) is 5.76 Å². The molecule has 0 saturated heterocycles. The SMILES string of the molecule is COC(=O)c1ccc(CNCc2ccc(C)s2)o1. The van der Waals surface area contributed by atoms with Gasteiger partial charge in [-0.1, -0.05) is 0 Å². The Morgan fingerprint density at radius 3 is 2.83 bits per heavy atom. The molecule has 96 valence electrons. The molecular weight excluding hydrogens is 250 g/mol. The van der Waals surface area contributed by atoms with Crippen molar-refractivity contribution in [3.05, 3.63) is 45.5 Å². The lowest BCUT2D eigenvalue weighted by Gasteiger charge is -2.00. The van der Waals surface area contributed by atoms with Crippen LogP contribution in [0.15, 0.2) is 28.7 Å². The summed E-state index contributed by atoms with van der Waals surface area (Å²) in [6.45, 7) is 3.48. The van der Waals surface area contributed by atoms with Gasteiger partial charge in [-0.2, -0.15) is 0 Å². The molecule has 18 heavy (non-hydrogen) atoms. The molecule has 0 aromatic carbocycles. The van der Waals surface area contributed by atoms with Crippen molar-refractivity contribution in [3.8, 4) is 0 Å². The predicted octanol–water partition coefficient (Wildman–Crippen LogP) is 2.73. The highest BCUT2D eigenvalue weighted by atomic mass is 32.1. The molecular formula is C13H15NO3S. The van der Waals surface area contributed by atoms with Crippen LogP contribution in [0.1, 0.15) is 26.1 Å². The minimum atomic E-state index is -0.449. The quantitative estimate of drug-likeness (QED) is 0.845. The number of hydrogen-bond donors (Lipinski definition) is 1. The number of ether oxygens (including phenoxy) is 1. The molecule has 2 rings (SSSR count). The first-order chi connectivity index (χ1) is 8.69. The van der Waals surface area contributed by atoms with Gasteiger partial charge < -0.3 is 14.5 Å². The highest BCUT2D eigenvalue weighted by Gasteiger charge is 2.10. The highest BCUT2D eigenvalue weighted by molar-refractivity contribution is 7.11. The average molecular weight is 265 g/mol. The Balaban J connectivity index is 1.83. The molecule has 0 aliphatic rings. The molecule has 2 aromatic heterocycles. The second-order valence-corrected chi connectivity index (χ2v) is 5.25. The number of carbonyl (C=O) groups excluding carboxylic acids is 1. The zero-order valence-electron chi connectivity index (χ0n) is 10.4. The summed E-state index contributed by atoms with van der Waals surface area (Å²) in [4.78, 5) is 13.8. The predicted molar refractivity (Wildman–Crippen MR) is 69.6 cm³/mol. The second-order valence-electron chi connectivity index (χ2n) is 3.87. The van der Waals surface area contributed by atoms with E-state index in [1.54, 1.807) is 23.5 Å². The average Bonchev–Trinajstić information content (AvgIpc) is 2.98. The summed E-state index contributed by atoms with van der Waals surface area (Å²) < 4.78 is 9.92. The zero-order valence-corrected chi connectivity index (χ0v) is 11.2. The van der Waals surface area contributed by atoms with E-state index in [-0.39, 0.29) is 5.76 Å². The first kappa shape index (κ1) is 12.9. The van der Waals surface area contributed by atoms with Gasteiger partial charge in [0.2, 0.25) is 5.76 Å². The van der Waals surface area contributed by atoms with Gasteiger partial charge in [-0.3, -0.25) is 0 Å². The van der Waals surface area contributed by atoms with Crippen LogP contribution in [0, 0.1) is 6.92 Å². The van der Waals surface area contributed by atoms with Crippen LogP contribution in [-0.4, -0.2) is 13.1 Å². The monoisotopic (exact) mass is 265 g/mol. The summed E-state index contributed by atoms with van der Waals surface area (Å²) in [6, 6.07) is 7.61. The van der Waals surface area contributed by atoms with E-state index in [9.17, 15) is 4.79 Å². The first-order valence-corrected chi connectivity index (χ1v) is 6.44. The van der Waals surface area contributed by atoms with Crippen molar-refractivity contribution in [3.63, 3.8) is 0 Å². The van der Waals surface area contributed by atoms with Crippen molar-refractivity contribution < 1.29 is 13.9 Å². The van der Waals surface area contributed by atoms with Gasteiger partial charge in [0, 0.05) is 16.3 Å². The van der Waals surface area contributed by atoms with E-state index < -0.39 is 5.97 Å². The van der Waals surface area contributed by atoms with Crippen LogP contribution in [0.3, 0.4) is 0 Å².